The molecule has 2 N–H and O–H groups in total. The second-order valence-electron chi connectivity index (χ2n) is 3.80. The second-order valence-corrected chi connectivity index (χ2v) is 3.80. The molecule has 19 heavy (non-hydrogen) atoms. The highest BCUT2D eigenvalue weighted by atomic mass is 19.4. The maximum atomic E-state index is 11.9. The van der Waals surface area contributed by atoms with Gasteiger partial charge in [0.25, 0.3) is 0 Å². The van der Waals surface area contributed by atoms with Crippen molar-refractivity contribution in [2.24, 2.45) is 0 Å². The van der Waals surface area contributed by atoms with Crippen LogP contribution in [0.5, 0.6) is 0 Å². The van der Waals surface area contributed by atoms with Crippen LogP contribution in [0, 0.1) is 0 Å². The van der Waals surface area contributed by atoms with Crippen LogP contribution in [-0.2, 0) is 11.3 Å². The number of carboxylic acids is 1. The van der Waals surface area contributed by atoms with Crippen LogP contribution in [0.3, 0.4) is 0 Å². The van der Waals surface area contributed by atoms with E-state index in [0.29, 0.717) is 5.52 Å². The molecule has 0 saturated carbocycles. The van der Waals surface area contributed by atoms with Crippen molar-refractivity contribution in [1.29, 1.82) is 0 Å². The lowest BCUT2D eigenvalue weighted by molar-refractivity contribution is -0.177. The van der Waals surface area contributed by atoms with E-state index in [1.807, 2.05) is 0 Å². The van der Waals surface area contributed by atoms with E-state index in [0.717, 1.165) is 0 Å². The predicted molar refractivity (Wildman–Crippen MR) is 58.8 cm³/mol. The molecule has 0 radical (unpaired) electrons. The Morgan fingerprint density at radius 3 is 2.79 bits per heavy atom. The van der Waals surface area contributed by atoms with Crippen molar-refractivity contribution < 1.29 is 27.8 Å². The molecule has 0 atom stereocenters. The van der Waals surface area contributed by atoms with E-state index in [1.165, 1.54) is 12.1 Å². The SMILES string of the molecule is O=C(O)c1cccc2[nH]c(COCC(F)(F)F)nc12. The zero-order valence-corrected chi connectivity index (χ0v) is 9.49. The lowest BCUT2D eigenvalue weighted by Gasteiger charge is -2.05. The molecule has 0 spiro atoms. The summed E-state index contributed by atoms with van der Waals surface area (Å²) >= 11 is 0. The molecule has 0 aliphatic heterocycles. The minimum atomic E-state index is -4.40. The Bertz CT molecular complexity index is 607. The van der Waals surface area contributed by atoms with E-state index < -0.39 is 18.8 Å². The molecule has 0 fully saturated rings. The number of para-hydroxylation sites is 1. The fraction of sp³-hybridized carbons (Fsp3) is 0.273. The number of carboxylic acid groups (broad SMARTS) is 1. The van der Waals surface area contributed by atoms with Gasteiger partial charge in [0.2, 0.25) is 0 Å². The van der Waals surface area contributed by atoms with E-state index in [-0.39, 0.29) is 23.5 Å². The first-order valence-electron chi connectivity index (χ1n) is 5.22. The largest absolute Gasteiger partial charge is 0.478 e. The third-order valence-corrected chi connectivity index (χ3v) is 2.30. The fourth-order valence-electron chi connectivity index (χ4n) is 1.59. The number of benzene rings is 1. The van der Waals surface area contributed by atoms with Crippen LogP contribution in [-0.4, -0.2) is 33.8 Å². The predicted octanol–water partition coefficient (Wildman–Crippen LogP) is 2.34. The highest BCUT2D eigenvalue weighted by Crippen LogP contribution is 2.18. The standard InChI is InChI=1S/C11H9F3N2O3/c12-11(13,14)5-19-4-8-15-7-3-1-2-6(10(17)18)9(7)16-8/h1-3H,4-5H2,(H,15,16)(H,17,18). The van der Waals surface area contributed by atoms with E-state index in [4.69, 9.17) is 5.11 Å². The highest BCUT2D eigenvalue weighted by Gasteiger charge is 2.27. The number of hydrogen-bond acceptors (Lipinski definition) is 3. The monoisotopic (exact) mass is 274 g/mol. The molecule has 0 aliphatic rings. The van der Waals surface area contributed by atoms with Crippen LogP contribution in [0.2, 0.25) is 0 Å². The third kappa shape index (κ3) is 3.22. The molecule has 2 aromatic rings. The molecule has 1 aromatic carbocycles. The van der Waals surface area contributed by atoms with Crippen molar-refractivity contribution >= 4 is 17.0 Å². The van der Waals surface area contributed by atoms with Gasteiger partial charge in [0, 0.05) is 0 Å². The van der Waals surface area contributed by atoms with Gasteiger partial charge in [-0.1, -0.05) is 6.07 Å². The molecule has 1 aromatic heterocycles. The zero-order valence-electron chi connectivity index (χ0n) is 9.49. The van der Waals surface area contributed by atoms with Gasteiger partial charge in [-0.25, -0.2) is 9.78 Å². The first-order valence-corrected chi connectivity index (χ1v) is 5.22. The molecule has 0 unspecified atom stereocenters. The summed E-state index contributed by atoms with van der Waals surface area (Å²) in [5.41, 5.74) is 0.613. The van der Waals surface area contributed by atoms with Crippen LogP contribution < -0.4 is 0 Å². The Morgan fingerprint density at radius 1 is 1.42 bits per heavy atom. The van der Waals surface area contributed by atoms with E-state index in [9.17, 15) is 18.0 Å². The number of aromatic carboxylic acids is 1. The lowest BCUT2D eigenvalue weighted by atomic mass is 10.2. The Labute approximate surface area is 105 Å². The number of ether oxygens (including phenoxy) is 1. The normalized spacial score (nSPS) is 11.9. The average Bonchev–Trinajstić information content (AvgIpc) is 2.68. The van der Waals surface area contributed by atoms with E-state index in [1.54, 1.807) is 6.07 Å². The Kier molecular flexibility index (Phi) is 3.43. The number of aromatic amines is 1. The Morgan fingerprint density at radius 2 is 2.16 bits per heavy atom. The van der Waals surface area contributed by atoms with E-state index in [2.05, 4.69) is 14.7 Å². The minimum Gasteiger partial charge on any atom is -0.478 e. The summed E-state index contributed by atoms with van der Waals surface area (Å²) in [5.74, 6) is -1.01. The number of hydrogen-bond donors (Lipinski definition) is 2. The molecule has 0 saturated heterocycles. The molecule has 0 bridgehead atoms. The molecule has 8 heteroatoms. The molecule has 0 aliphatic carbocycles. The number of nitrogens with zero attached hydrogens (tertiary/aromatic N) is 1. The summed E-state index contributed by atoms with van der Waals surface area (Å²) in [6.07, 6.45) is -4.40. The zero-order chi connectivity index (χ0) is 14.0. The van der Waals surface area contributed by atoms with Crippen molar-refractivity contribution in [2.45, 2.75) is 12.8 Å². The van der Waals surface area contributed by atoms with Crippen LogP contribution in [0.1, 0.15) is 16.2 Å². The molecule has 102 valence electrons. The maximum Gasteiger partial charge on any atom is 0.411 e. The van der Waals surface area contributed by atoms with Crippen molar-refractivity contribution in [1.82, 2.24) is 9.97 Å². The number of carbonyl (C=O) groups is 1. The summed E-state index contributed by atoms with van der Waals surface area (Å²) in [7, 11) is 0. The quantitative estimate of drug-likeness (QED) is 0.897. The molecule has 1 heterocycles. The van der Waals surface area contributed by atoms with Gasteiger partial charge in [-0.05, 0) is 12.1 Å². The highest BCUT2D eigenvalue weighted by molar-refractivity contribution is 6.00. The summed E-state index contributed by atoms with van der Waals surface area (Å²) in [4.78, 5) is 17.6. The number of H-pyrrole nitrogens is 1. The Balaban J connectivity index is 2.18. The first kappa shape index (κ1) is 13.3. The molecule has 5 nitrogen and oxygen atoms in total. The first-order chi connectivity index (χ1) is 8.87. The van der Waals surface area contributed by atoms with Crippen LogP contribution in [0.15, 0.2) is 18.2 Å². The average molecular weight is 274 g/mol. The van der Waals surface area contributed by atoms with Gasteiger partial charge in [-0.15, -0.1) is 0 Å². The number of nitrogens with one attached hydrogen (secondary N) is 1. The number of fused-ring (bicyclic) bond motifs is 1. The number of imidazole rings is 1. The Hall–Kier alpha value is -2.09. The van der Waals surface area contributed by atoms with Gasteiger partial charge in [0.05, 0.1) is 11.1 Å². The van der Waals surface area contributed by atoms with Crippen LogP contribution in [0.25, 0.3) is 11.0 Å². The van der Waals surface area contributed by atoms with Crippen molar-refractivity contribution in [3.05, 3.63) is 29.6 Å². The van der Waals surface area contributed by atoms with E-state index >= 15 is 0 Å². The smallest absolute Gasteiger partial charge is 0.411 e. The lowest BCUT2D eigenvalue weighted by Crippen LogP contribution is -2.16. The van der Waals surface area contributed by atoms with Gasteiger partial charge in [-0.3, -0.25) is 0 Å². The van der Waals surface area contributed by atoms with Crippen LogP contribution >= 0.6 is 0 Å². The van der Waals surface area contributed by atoms with Gasteiger partial charge in [0.1, 0.15) is 24.6 Å². The second kappa shape index (κ2) is 4.88. The molecule has 0 amide bonds. The summed E-state index contributed by atoms with van der Waals surface area (Å²) in [6, 6.07) is 4.47. The summed E-state index contributed by atoms with van der Waals surface area (Å²) in [6.45, 7) is -1.75. The van der Waals surface area contributed by atoms with Gasteiger partial charge in [0.15, 0.2) is 0 Å². The van der Waals surface area contributed by atoms with Gasteiger partial charge >= 0.3 is 12.1 Å². The van der Waals surface area contributed by atoms with Crippen LogP contribution in [0.4, 0.5) is 13.2 Å². The minimum absolute atomic E-state index is 0.0178. The molecular formula is C11H9F3N2O3. The number of rotatable bonds is 4. The topological polar surface area (TPSA) is 75.2 Å². The number of aromatic nitrogens is 2. The molecular weight excluding hydrogens is 265 g/mol. The third-order valence-electron chi connectivity index (χ3n) is 2.30. The number of halogens is 3. The van der Waals surface area contributed by atoms with Gasteiger partial charge < -0.3 is 14.8 Å². The van der Waals surface area contributed by atoms with Crippen molar-refractivity contribution in [2.75, 3.05) is 6.61 Å². The fourth-order valence-corrected chi connectivity index (χ4v) is 1.59. The van der Waals surface area contributed by atoms with Gasteiger partial charge in [-0.2, -0.15) is 13.2 Å². The summed E-state index contributed by atoms with van der Waals surface area (Å²) in [5, 5.41) is 8.94. The number of alkyl halides is 3. The molecule has 2 rings (SSSR count). The maximum absolute atomic E-state index is 11.9. The van der Waals surface area contributed by atoms with Crippen molar-refractivity contribution in [3.63, 3.8) is 0 Å². The van der Waals surface area contributed by atoms with Crippen molar-refractivity contribution in [3.8, 4) is 0 Å². The summed E-state index contributed by atoms with van der Waals surface area (Å²) < 4.78 is 40.1.